The number of carbonyl (C=O) groups excluding carboxylic acids is 3. The highest BCUT2D eigenvalue weighted by atomic mass is 16.5. The highest BCUT2D eigenvalue weighted by molar-refractivity contribution is 5.99. The first kappa shape index (κ1) is 24.5. The molecule has 0 saturated heterocycles. The van der Waals surface area contributed by atoms with Crippen LogP contribution in [0.15, 0.2) is 72.8 Å². The van der Waals surface area contributed by atoms with E-state index in [2.05, 4.69) is 10.6 Å². The van der Waals surface area contributed by atoms with Gasteiger partial charge in [0.05, 0.1) is 5.56 Å². The van der Waals surface area contributed by atoms with Crippen molar-refractivity contribution in [2.24, 2.45) is 0 Å². The van der Waals surface area contributed by atoms with E-state index in [1.165, 1.54) is 6.92 Å². The molecule has 34 heavy (non-hydrogen) atoms. The Bertz CT molecular complexity index is 1130. The summed E-state index contributed by atoms with van der Waals surface area (Å²) in [4.78, 5) is 36.2. The van der Waals surface area contributed by atoms with Gasteiger partial charge in [-0.15, -0.1) is 0 Å². The van der Waals surface area contributed by atoms with Crippen LogP contribution in [0, 0.1) is 0 Å². The Morgan fingerprint density at radius 3 is 2.15 bits per heavy atom. The lowest BCUT2D eigenvalue weighted by Crippen LogP contribution is -2.21. The second-order valence-electron chi connectivity index (χ2n) is 7.70. The van der Waals surface area contributed by atoms with E-state index in [0.717, 1.165) is 12.0 Å². The normalized spacial score (nSPS) is 10.3. The maximum absolute atomic E-state index is 12.3. The summed E-state index contributed by atoms with van der Waals surface area (Å²) in [5.74, 6) is 0.249. The van der Waals surface area contributed by atoms with E-state index < -0.39 is 0 Å². The quantitative estimate of drug-likeness (QED) is 0.383. The van der Waals surface area contributed by atoms with Crippen molar-refractivity contribution in [3.63, 3.8) is 0 Å². The molecule has 0 radical (unpaired) electrons. The number of hydrogen-bond acceptors (Lipinski definition) is 5. The second kappa shape index (κ2) is 12.2. The van der Waals surface area contributed by atoms with Crippen LogP contribution in [0.2, 0.25) is 0 Å². The molecule has 176 valence electrons. The zero-order valence-corrected chi connectivity index (χ0v) is 19.3. The van der Waals surface area contributed by atoms with Crippen LogP contribution < -0.4 is 20.1 Å². The molecule has 7 nitrogen and oxygen atoms in total. The van der Waals surface area contributed by atoms with Crippen molar-refractivity contribution >= 4 is 29.0 Å². The lowest BCUT2D eigenvalue weighted by Gasteiger charge is -2.13. The Morgan fingerprint density at radius 2 is 1.47 bits per heavy atom. The molecule has 0 fully saturated rings. The number of Topliss-reactive ketones (excluding diaryl/α,β-unsaturated/α-hetero) is 1. The predicted molar refractivity (Wildman–Crippen MR) is 131 cm³/mol. The molecule has 0 saturated carbocycles. The van der Waals surface area contributed by atoms with Crippen LogP contribution in [-0.2, 0) is 16.2 Å². The summed E-state index contributed by atoms with van der Waals surface area (Å²) >= 11 is 0. The second-order valence-corrected chi connectivity index (χ2v) is 7.70. The van der Waals surface area contributed by atoms with Crippen molar-refractivity contribution in [3.05, 3.63) is 83.9 Å². The van der Waals surface area contributed by atoms with Crippen LogP contribution in [0.5, 0.6) is 11.5 Å². The average molecular weight is 461 g/mol. The zero-order valence-electron chi connectivity index (χ0n) is 19.3. The highest BCUT2D eigenvalue weighted by Gasteiger charge is 2.13. The Kier molecular flexibility index (Phi) is 8.80. The summed E-state index contributed by atoms with van der Waals surface area (Å²) in [7, 11) is 0. The SMILES string of the molecule is CCCC(=O)Nc1ccc(OCC(=O)Nc2ccc(OCc3ccccc3)cc2)c(C(C)=O)c1. The monoisotopic (exact) mass is 460 g/mol. The number of rotatable bonds is 11. The highest BCUT2D eigenvalue weighted by Crippen LogP contribution is 2.24. The third-order valence-electron chi connectivity index (χ3n) is 4.86. The summed E-state index contributed by atoms with van der Waals surface area (Å²) in [6, 6.07) is 21.6. The van der Waals surface area contributed by atoms with Gasteiger partial charge in [-0.2, -0.15) is 0 Å². The molecule has 3 aromatic carbocycles. The zero-order chi connectivity index (χ0) is 24.3. The molecule has 7 heteroatoms. The van der Waals surface area contributed by atoms with Crippen molar-refractivity contribution in [2.45, 2.75) is 33.3 Å². The predicted octanol–water partition coefficient (Wildman–Crippen LogP) is 5.22. The molecule has 0 aliphatic carbocycles. The first-order valence-corrected chi connectivity index (χ1v) is 11.1. The fraction of sp³-hybridized carbons (Fsp3) is 0.222. The van der Waals surface area contributed by atoms with Gasteiger partial charge in [0.1, 0.15) is 18.1 Å². The molecule has 3 aromatic rings. The molecule has 0 spiro atoms. The Labute approximate surface area is 199 Å². The molecule has 2 amide bonds. The van der Waals surface area contributed by atoms with Crippen LogP contribution in [-0.4, -0.2) is 24.2 Å². The van der Waals surface area contributed by atoms with Crippen LogP contribution in [0.3, 0.4) is 0 Å². The number of hydrogen-bond donors (Lipinski definition) is 2. The summed E-state index contributed by atoms with van der Waals surface area (Å²) in [5, 5.41) is 5.50. The molecule has 0 aliphatic heterocycles. The number of benzene rings is 3. The van der Waals surface area contributed by atoms with Gasteiger partial charge in [-0.25, -0.2) is 0 Å². The molecule has 0 unspecified atom stereocenters. The van der Waals surface area contributed by atoms with Gasteiger partial charge >= 0.3 is 0 Å². The first-order valence-electron chi connectivity index (χ1n) is 11.1. The van der Waals surface area contributed by atoms with Crippen molar-refractivity contribution < 1.29 is 23.9 Å². The fourth-order valence-corrected chi connectivity index (χ4v) is 3.18. The van der Waals surface area contributed by atoms with Gasteiger partial charge in [0, 0.05) is 17.8 Å². The number of ketones is 1. The van der Waals surface area contributed by atoms with E-state index >= 15 is 0 Å². The standard InChI is InChI=1S/C27H28N2O5/c1-3-7-26(31)29-22-12-15-25(24(16-22)19(2)30)34-18-27(32)28-21-10-13-23(14-11-21)33-17-20-8-5-4-6-9-20/h4-6,8-16H,3,7,17-18H2,1-2H3,(H,28,32)(H,29,31). The minimum atomic E-state index is -0.368. The summed E-state index contributed by atoms with van der Waals surface area (Å²) in [5.41, 5.74) is 2.47. The van der Waals surface area contributed by atoms with E-state index in [1.807, 2.05) is 37.3 Å². The van der Waals surface area contributed by atoms with E-state index in [0.29, 0.717) is 35.7 Å². The first-order chi connectivity index (χ1) is 16.4. The maximum atomic E-state index is 12.3. The number of nitrogens with one attached hydrogen (secondary N) is 2. The summed E-state index contributed by atoms with van der Waals surface area (Å²) < 4.78 is 11.3. The number of anilines is 2. The third kappa shape index (κ3) is 7.48. The average Bonchev–Trinajstić information content (AvgIpc) is 2.83. The number of amides is 2. The van der Waals surface area contributed by atoms with Crippen molar-refractivity contribution in [1.82, 2.24) is 0 Å². The van der Waals surface area contributed by atoms with Crippen LogP contribution in [0.25, 0.3) is 0 Å². The van der Waals surface area contributed by atoms with Crippen molar-refractivity contribution in [3.8, 4) is 11.5 Å². The lowest BCUT2D eigenvalue weighted by molar-refractivity contribution is -0.118. The molecule has 2 N–H and O–H groups in total. The molecular formula is C27H28N2O5. The van der Waals surface area contributed by atoms with Gasteiger partial charge in [0.25, 0.3) is 5.91 Å². The fourth-order valence-electron chi connectivity index (χ4n) is 3.18. The molecular weight excluding hydrogens is 432 g/mol. The third-order valence-corrected chi connectivity index (χ3v) is 4.86. The van der Waals surface area contributed by atoms with Crippen LogP contribution >= 0.6 is 0 Å². The summed E-state index contributed by atoms with van der Waals surface area (Å²) in [6.45, 7) is 3.51. The number of ether oxygens (including phenoxy) is 2. The lowest BCUT2D eigenvalue weighted by atomic mass is 10.1. The van der Waals surface area contributed by atoms with Gasteiger partial charge in [-0.3, -0.25) is 14.4 Å². The molecule has 0 bridgehead atoms. The molecule has 0 heterocycles. The van der Waals surface area contributed by atoms with E-state index in [9.17, 15) is 14.4 Å². The molecule has 0 aliphatic rings. The maximum Gasteiger partial charge on any atom is 0.262 e. The van der Waals surface area contributed by atoms with E-state index in [4.69, 9.17) is 9.47 Å². The largest absolute Gasteiger partial charge is 0.489 e. The molecule has 0 atom stereocenters. The van der Waals surface area contributed by atoms with E-state index in [-0.39, 0.29) is 30.0 Å². The summed E-state index contributed by atoms with van der Waals surface area (Å²) in [6.07, 6.45) is 1.12. The van der Waals surface area contributed by atoms with E-state index in [1.54, 1.807) is 42.5 Å². The van der Waals surface area contributed by atoms with Crippen molar-refractivity contribution in [2.75, 3.05) is 17.2 Å². The van der Waals surface area contributed by atoms with Gasteiger partial charge in [-0.05, 0) is 61.4 Å². The smallest absolute Gasteiger partial charge is 0.262 e. The topological polar surface area (TPSA) is 93.7 Å². The van der Waals surface area contributed by atoms with Gasteiger partial charge in [0.2, 0.25) is 5.91 Å². The Balaban J connectivity index is 1.53. The van der Waals surface area contributed by atoms with Crippen LogP contribution in [0.1, 0.15) is 42.6 Å². The van der Waals surface area contributed by atoms with Crippen LogP contribution in [0.4, 0.5) is 11.4 Å². The van der Waals surface area contributed by atoms with Gasteiger partial charge in [0.15, 0.2) is 12.4 Å². The molecule has 3 rings (SSSR count). The van der Waals surface area contributed by atoms with Crippen molar-refractivity contribution in [1.29, 1.82) is 0 Å². The van der Waals surface area contributed by atoms with Gasteiger partial charge < -0.3 is 20.1 Å². The van der Waals surface area contributed by atoms with Gasteiger partial charge in [-0.1, -0.05) is 37.3 Å². The minimum absolute atomic E-state index is 0.124. The Morgan fingerprint density at radius 1 is 0.794 bits per heavy atom. The number of carbonyl (C=O) groups is 3. The Hall–Kier alpha value is -4.13. The minimum Gasteiger partial charge on any atom is -0.489 e. The molecule has 0 aromatic heterocycles.